The van der Waals surface area contributed by atoms with E-state index in [1.165, 1.54) is 19.3 Å². The summed E-state index contributed by atoms with van der Waals surface area (Å²) >= 11 is 0. The first-order valence-electron chi connectivity index (χ1n) is 8.45. The third-order valence-corrected chi connectivity index (χ3v) is 6.65. The molecule has 0 aromatic carbocycles. The maximum Gasteiger partial charge on any atom is 0.0134 e. The summed E-state index contributed by atoms with van der Waals surface area (Å²) in [6.07, 6.45) is 4.31. The van der Waals surface area contributed by atoms with Crippen LogP contribution in [0.25, 0.3) is 0 Å². The molecule has 1 heteroatoms. The van der Waals surface area contributed by atoms with Crippen LogP contribution in [-0.4, -0.2) is 12.6 Å². The Morgan fingerprint density at radius 3 is 1.79 bits per heavy atom. The third-order valence-electron chi connectivity index (χ3n) is 6.65. The molecule has 0 radical (unpaired) electrons. The van der Waals surface area contributed by atoms with Crippen LogP contribution in [0.4, 0.5) is 0 Å². The minimum absolute atomic E-state index is 0.504. The van der Waals surface area contributed by atoms with Gasteiger partial charge in [-0.1, -0.05) is 48.5 Å². The standard InChI is InChI=1S/C18H35N/c1-8-19-15(16-17(4,5)18(16,6)7)14-10-12(2)9-13(3)11-14/h12-16,19H,8-11H2,1-7H3. The highest BCUT2D eigenvalue weighted by atomic mass is 15.0. The Morgan fingerprint density at radius 2 is 1.42 bits per heavy atom. The number of hydrogen-bond donors (Lipinski definition) is 1. The molecule has 2 aliphatic rings. The number of nitrogens with one attached hydrogen (secondary N) is 1. The highest BCUT2D eigenvalue weighted by molar-refractivity contribution is 5.17. The van der Waals surface area contributed by atoms with Crippen molar-refractivity contribution in [2.45, 2.75) is 73.8 Å². The Morgan fingerprint density at radius 1 is 0.947 bits per heavy atom. The molecule has 2 rings (SSSR count). The van der Waals surface area contributed by atoms with Crippen molar-refractivity contribution >= 4 is 0 Å². The van der Waals surface area contributed by atoms with Crippen LogP contribution in [0.15, 0.2) is 0 Å². The van der Waals surface area contributed by atoms with Crippen LogP contribution in [0.3, 0.4) is 0 Å². The van der Waals surface area contributed by atoms with E-state index in [9.17, 15) is 0 Å². The summed E-state index contributed by atoms with van der Waals surface area (Å²) in [5.74, 6) is 3.58. The van der Waals surface area contributed by atoms with Gasteiger partial charge in [-0.15, -0.1) is 0 Å². The van der Waals surface area contributed by atoms with Gasteiger partial charge >= 0.3 is 0 Å². The predicted molar refractivity (Wildman–Crippen MR) is 84.2 cm³/mol. The lowest BCUT2D eigenvalue weighted by Gasteiger charge is -2.38. The Labute approximate surface area is 120 Å². The van der Waals surface area contributed by atoms with Crippen molar-refractivity contribution in [3.8, 4) is 0 Å². The average molecular weight is 265 g/mol. The molecule has 0 amide bonds. The molecule has 0 aromatic rings. The normalized spacial score (nSPS) is 39.0. The smallest absolute Gasteiger partial charge is 0.0134 e. The fourth-order valence-electron chi connectivity index (χ4n) is 5.24. The minimum atomic E-state index is 0.504. The molecular formula is C18H35N. The van der Waals surface area contributed by atoms with E-state index in [0.717, 1.165) is 36.3 Å². The number of hydrogen-bond acceptors (Lipinski definition) is 1. The highest BCUT2D eigenvalue weighted by Crippen LogP contribution is 2.70. The zero-order valence-corrected chi connectivity index (χ0v) is 14.2. The second kappa shape index (κ2) is 5.06. The fourth-order valence-corrected chi connectivity index (χ4v) is 5.24. The van der Waals surface area contributed by atoms with Gasteiger partial charge in [0.05, 0.1) is 0 Å². The molecule has 0 spiro atoms. The van der Waals surface area contributed by atoms with Crippen LogP contribution in [-0.2, 0) is 0 Å². The van der Waals surface area contributed by atoms with Crippen LogP contribution in [0, 0.1) is 34.5 Å². The van der Waals surface area contributed by atoms with E-state index >= 15 is 0 Å². The largest absolute Gasteiger partial charge is 0.314 e. The Kier molecular flexibility index (Phi) is 4.09. The van der Waals surface area contributed by atoms with Gasteiger partial charge < -0.3 is 5.32 Å². The van der Waals surface area contributed by atoms with E-state index in [0.29, 0.717) is 10.8 Å². The van der Waals surface area contributed by atoms with Gasteiger partial charge in [0.2, 0.25) is 0 Å². The molecule has 3 atom stereocenters. The molecule has 2 aliphatic carbocycles. The molecule has 0 heterocycles. The monoisotopic (exact) mass is 265 g/mol. The van der Waals surface area contributed by atoms with Gasteiger partial charge in [0.25, 0.3) is 0 Å². The predicted octanol–water partition coefficient (Wildman–Crippen LogP) is 4.72. The molecule has 112 valence electrons. The van der Waals surface area contributed by atoms with Gasteiger partial charge in [-0.25, -0.2) is 0 Å². The van der Waals surface area contributed by atoms with Crippen molar-refractivity contribution in [1.29, 1.82) is 0 Å². The van der Waals surface area contributed by atoms with E-state index in [-0.39, 0.29) is 0 Å². The van der Waals surface area contributed by atoms with Crippen LogP contribution in [0.2, 0.25) is 0 Å². The molecule has 3 unspecified atom stereocenters. The topological polar surface area (TPSA) is 12.0 Å². The van der Waals surface area contributed by atoms with Crippen molar-refractivity contribution in [3.05, 3.63) is 0 Å². The quantitative estimate of drug-likeness (QED) is 0.775. The van der Waals surface area contributed by atoms with Gasteiger partial charge in [-0.3, -0.25) is 0 Å². The first-order chi connectivity index (χ1) is 8.71. The SMILES string of the molecule is CCNC(C1CC(C)CC(C)C1)C1C(C)(C)C1(C)C. The molecule has 1 N–H and O–H groups in total. The lowest BCUT2D eigenvalue weighted by atomic mass is 9.72. The summed E-state index contributed by atoms with van der Waals surface area (Å²) in [7, 11) is 0. The average Bonchev–Trinajstić information content (AvgIpc) is 2.65. The second-order valence-corrected chi connectivity index (χ2v) is 8.68. The van der Waals surface area contributed by atoms with E-state index in [4.69, 9.17) is 0 Å². The highest BCUT2D eigenvalue weighted by Gasteiger charge is 2.67. The van der Waals surface area contributed by atoms with Gasteiger partial charge in [0.15, 0.2) is 0 Å². The maximum atomic E-state index is 3.87. The second-order valence-electron chi connectivity index (χ2n) is 8.68. The summed E-state index contributed by atoms with van der Waals surface area (Å²) in [4.78, 5) is 0. The van der Waals surface area contributed by atoms with Crippen LogP contribution >= 0.6 is 0 Å². The van der Waals surface area contributed by atoms with Gasteiger partial charge in [-0.05, 0) is 60.3 Å². The van der Waals surface area contributed by atoms with Crippen LogP contribution in [0.5, 0.6) is 0 Å². The van der Waals surface area contributed by atoms with Crippen molar-refractivity contribution in [1.82, 2.24) is 5.32 Å². The molecule has 0 bridgehead atoms. The lowest BCUT2D eigenvalue weighted by Crippen LogP contribution is -2.43. The van der Waals surface area contributed by atoms with Crippen molar-refractivity contribution in [2.24, 2.45) is 34.5 Å². The fraction of sp³-hybridized carbons (Fsp3) is 1.00. The third kappa shape index (κ3) is 2.60. The van der Waals surface area contributed by atoms with Crippen LogP contribution in [0.1, 0.15) is 67.7 Å². The minimum Gasteiger partial charge on any atom is -0.314 e. The zero-order chi connectivity index (χ0) is 14.4. The summed E-state index contributed by atoms with van der Waals surface area (Å²) in [6, 6.07) is 0.736. The maximum absolute atomic E-state index is 3.87. The zero-order valence-electron chi connectivity index (χ0n) is 14.2. The Hall–Kier alpha value is -0.0400. The molecule has 0 aliphatic heterocycles. The molecule has 0 aromatic heterocycles. The molecular weight excluding hydrogens is 230 g/mol. The summed E-state index contributed by atoms with van der Waals surface area (Å²) in [6.45, 7) is 18.2. The van der Waals surface area contributed by atoms with Crippen molar-refractivity contribution in [2.75, 3.05) is 6.54 Å². The molecule has 19 heavy (non-hydrogen) atoms. The van der Waals surface area contributed by atoms with Gasteiger partial charge in [0.1, 0.15) is 0 Å². The van der Waals surface area contributed by atoms with E-state index in [1.54, 1.807) is 0 Å². The molecule has 1 nitrogen and oxygen atoms in total. The molecule has 2 saturated carbocycles. The van der Waals surface area contributed by atoms with Gasteiger partial charge in [0, 0.05) is 6.04 Å². The van der Waals surface area contributed by atoms with E-state index in [1.807, 2.05) is 0 Å². The molecule has 2 fully saturated rings. The number of rotatable bonds is 4. The Bertz CT molecular complexity index is 294. The van der Waals surface area contributed by atoms with E-state index in [2.05, 4.69) is 53.8 Å². The summed E-state index contributed by atoms with van der Waals surface area (Å²) < 4.78 is 0. The van der Waals surface area contributed by atoms with Crippen LogP contribution < -0.4 is 5.32 Å². The summed E-state index contributed by atoms with van der Waals surface area (Å²) in [5, 5.41) is 3.87. The molecule has 0 saturated heterocycles. The summed E-state index contributed by atoms with van der Waals surface area (Å²) in [5.41, 5.74) is 1.01. The lowest BCUT2D eigenvalue weighted by molar-refractivity contribution is 0.155. The van der Waals surface area contributed by atoms with E-state index < -0.39 is 0 Å². The Balaban J connectivity index is 2.13. The van der Waals surface area contributed by atoms with Gasteiger partial charge in [-0.2, -0.15) is 0 Å². The van der Waals surface area contributed by atoms with Crippen molar-refractivity contribution < 1.29 is 0 Å². The first-order valence-corrected chi connectivity index (χ1v) is 8.45. The van der Waals surface area contributed by atoms with Crippen molar-refractivity contribution in [3.63, 3.8) is 0 Å². The first kappa shape index (κ1) is 15.4.